The Kier molecular flexibility index (Phi) is 4.25. The first-order valence-electron chi connectivity index (χ1n) is 7.19. The first-order valence-corrected chi connectivity index (χ1v) is 7.57. The van der Waals surface area contributed by atoms with Gasteiger partial charge in [0, 0.05) is 36.1 Å². The van der Waals surface area contributed by atoms with E-state index in [-0.39, 0.29) is 24.2 Å². The molecule has 1 aromatic carbocycles. The number of carbonyl (C=O) groups excluding carboxylic acids is 2. The minimum Gasteiger partial charge on any atom is -0.312 e. The van der Waals surface area contributed by atoms with Gasteiger partial charge in [-0.15, -0.1) is 0 Å². The molecule has 2 heterocycles. The molecule has 1 atom stereocenters. The number of anilines is 2. The maximum absolute atomic E-state index is 12.3. The van der Waals surface area contributed by atoms with E-state index >= 15 is 0 Å². The van der Waals surface area contributed by atoms with Crippen molar-refractivity contribution in [1.29, 1.82) is 0 Å². The summed E-state index contributed by atoms with van der Waals surface area (Å²) in [6, 6.07) is 7.10. The SMILES string of the molecule is Cc1ccc(N2C[C@H](C(=O)Nc3ncccn3)CC2=O)cc1Cl. The Morgan fingerprint density at radius 1 is 1.35 bits per heavy atom. The maximum atomic E-state index is 12.3. The van der Waals surface area contributed by atoms with Crippen molar-refractivity contribution in [2.75, 3.05) is 16.8 Å². The molecule has 2 aromatic rings. The normalized spacial score (nSPS) is 17.4. The van der Waals surface area contributed by atoms with Gasteiger partial charge in [0.2, 0.25) is 17.8 Å². The van der Waals surface area contributed by atoms with Crippen LogP contribution in [-0.4, -0.2) is 28.3 Å². The standard InChI is InChI=1S/C16H15ClN4O2/c1-10-3-4-12(8-13(10)17)21-9-11(7-14(21)22)15(23)20-16-18-5-2-6-19-16/h2-6,8,11H,7,9H2,1H3,(H,18,19,20,23)/t11-/m1/s1. The number of halogens is 1. The molecule has 3 rings (SSSR count). The van der Waals surface area contributed by atoms with Crippen LogP contribution in [0.4, 0.5) is 11.6 Å². The molecule has 0 radical (unpaired) electrons. The smallest absolute Gasteiger partial charge is 0.232 e. The fourth-order valence-electron chi connectivity index (χ4n) is 2.46. The highest BCUT2D eigenvalue weighted by Gasteiger charge is 2.35. The monoisotopic (exact) mass is 330 g/mol. The zero-order chi connectivity index (χ0) is 16.4. The Balaban J connectivity index is 1.71. The van der Waals surface area contributed by atoms with Gasteiger partial charge in [-0.25, -0.2) is 9.97 Å². The van der Waals surface area contributed by atoms with Crippen molar-refractivity contribution in [3.63, 3.8) is 0 Å². The van der Waals surface area contributed by atoms with Crippen molar-refractivity contribution in [2.45, 2.75) is 13.3 Å². The number of nitrogens with zero attached hydrogens (tertiary/aromatic N) is 3. The second kappa shape index (κ2) is 6.34. The largest absolute Gasteiger partial charge is 0.312 e. The van der Waals surface area contributed by atoms with E-state index in [1.807, 2.05) is 19.1 Å². The summed E-state index contributed by atoms with van der Waals surface area (Å²) in [6.45, 7) is 2.21. The molecule has 2 amide bonds. The molecule has 1 aromatic heterocycles. The molecule has 1 aliphatic rings. The van der Waals surface area contributed by atoms with Crippen LogP contribution in [0.1, 0.15) is 12.0 Å². The maximum Gasteiger partial charge on any atom is 0.232 e. The highest BCUT2D eigenvalue weighted by molar-refractivity contribution is 6.31. The molecule has 0 saturated carbocycles. The van der Waals surface area contributed by atoms with Crippen molar-refractivity contribution in [3.05, 3.63) is 47.2 Å². The lowest BCUT2D eigenvalue weighted by Gasteiger charge is -2.17. The quantitative estimate of drug-likeness (QED) is 0.937. The summed E-state index contributed by atoms with van der Waals surface area (Å²) >= 11 is 6.11. The van der Waals surface area contributed by atoms with Crippen LogP contribution in [0.2, 0.25) is 5.02 Å². The van der Waals surface area contributed by atoms with Crippen molar-refractivity contribution >= 4 is 35.1 Å². The van der Waals surface area contributed by atoms with Crippen LogP contribution in [0, 0.1) is 12.8 Å². The van der Waals surface area contributed by atoms with Gasteiger partial charge >= 0.3 is 0 Å². The van der Waals surface area contributed by atoms with Crippen LogP contribution in [-0.2, 0) is 9.59 Å². The summed E-state index contributed by atoms with van der Waals surface area (Å²) in [5.41, 5.74) is 1.65. The molecule has 0 bridgehead atoms. The van der Waals surface area contributed by atoms with Crippen LogP contribution in [0.5, 0.6) is 0 Å². The number of carbonyl (C=O) groups is 2. The van der Waals surface area contributed by atoms with Gasteiger partial charge in [0.05, 0.1) is 5.92 Å². The van der Waals surface area contributed by atoms with Gasteiger partial charge in [0.1, 0.15) is 0 Å². The molecule has 6 nitrogen and oxygen atoms in total. The van der Waals surface area contributed by atoms with E-state index in [1.54, 1.807) is 29.4 Å². The summed E-state index contributed by atoms with van der Waals surface area (Å²) in [7, 11) is 0. The molecule has 1 N–H and O–H groups in total. The van der Waals surface area contributed by atoms with Crippen LogP contribution in [0.3, 0.4) is 0 Å². The van der Waals surface area contributed by atoms with E-state index in [4.69, 9.17) is 11.6 Å². The van der Waals surface area contributed by atoms with E-state index in [0.717, 1.165) is 5.56 Å². The van der Waals surface area contributed by atoms with Gasteiger partial charge < -0.3 is 4.90 Å². The predicted molar refractivity (Wildman–Crippen MR) is 87.3 cm³/mol. The molecule has 0 spiro atoms. The number of aromatic nitrogens is 2. The van der Waals surface area contributed by atoms with Gasteiger partial charge in [0.25, 0.3) is 0 Å². The van der Waals surface area contributed by atoms with Gasteiger partial charge in [-0.2, -0.15) is 0 Å². The van der Waals surface area contributed by atoms with Gasteiger partial charge in [-0.3, -0.25) is 14.9 Å². The van der Waals surface area contributed by atoms with Crippen LogP contribution in [0.25, 0.3) is 0 Å². The third-order valence-electron chi connectivity index (χ3n) is 3.76. The van der Waals surface area contributed by atoms with E-state index in [2.05, 4.69) is 15.3 Å². The molecule has 118 valence electrons. The highest BCUT2D eigenvalue weighted by atomic mass is 35.5. The first-order chi connectivity index (χ1) is 11.0. The number of hydrogen-bond donors (Lipinski definition) is 1. The molecule has 1 saturated heterocycles. The number of rotatable bonds is 3. The summed E-state index contributed by atoms with van der Waals surface area (Å²) in [5, 5.41) is 3.23. The minimum absolute atomic E-state index is 0.0981. The Hall–Kier alpha value is -2.47. The Morgan fingerprint density at radius 3 is 2.78 bits per heavy atom. The lowest BCUT2D eigenvalue weighted by molar-refractivity contribution is -0.122. The number of aryl methyl sites for hydroxylation is 1. The van der Waals surface area contributed by atoms with Crippen LogP contribution < -0.4 is 10.2 Å². The van der Waals surface area contributed by atoms with Crippen LogP contribution in [0.15, 0.2) is 36.7 Å². The van der Waals surface area contributed by atoms with Gasteiger partial charge in [-0.05, 0) is 30.7 Å². The molecule has 23 heavy (non-hydrogen) atoms. The van der Waals surface area contributed by atoms with Crippen LogP contribution >= 0.6 is 11.6 Å². The summed E-state index contributed by atoms with van der Waals surface area (Å²) < 4.78 is 0. The average Bonchev–Trinajstić information content (AvgIpc) is 2.93. The fraction of sp³-hybridized carbons (Fsp3) is 0.250. The van der Waals surface area contributed by atoms with E-state index in [1.165, 1.54) is 0 Å². The van der Waals surface area contributed by atoms with Crippen molar-refractivity contribution in [2.24, 2.45) is 5.92 Å². The first kappa shape index (κ1) is 15.4. The highest BCUT2D eigenvalue weighted by Crippen LogP contribution is 2.29. The Bertz CT molecular complexity index is 751. The third kappa shape index (κ3) is 3.32. The lowest BCUT2D eigenvalue weighted by Crippen LogP contribution is -2.28. The van der Waals surface area contributed by atoms with E-state index in [0.29, 0.717) is 17.3 Å². The van der Waals surface area contributed by atoms with E-state index in [9.17, 15) is 9.59 Å². The summed E-state index contributed by atoms with van der Waals surface area (Å²) in [4.78, 5) is 34.0. The van der Waals surface area contributed by atoms with Crippen molar-refractivity contribution in [1.82, 2.24) is 9.97 Å². The summed E-state index contributed by atoms with van der Waals surface area (Å²) in [5.74, 6) is -0.558. The summed E-state index contributed by atoms with van der Waals surface area (Å²) in [6.07, 6.45) is 3.25. The number of benzene rings is 1. The Morgan fingerprint density at radius 2 is 2.09 bits per heavy atom. The second-order valence-corrected chi connectivity index (χ2v) is 5.81. The van der Waals surface area contributed by atoms with Gasteiger partial charge in [-0.1, -0.05) is 17.7 Å². The lowest BCUT2D eigenvalue weighted by atomic mass is 10.1. The zero-order valence-corrected chi connectivity index (χ0v) is 13.2. The fourth-order valence-corrected chi connectivity index (χ4v) is 2.63. The number of nitrogens with one attached hydrogen (secondary N) is 1. The number of amides is 2. The van der Waals surface area contributed by atoms with Crippen molar-refractivity contribution < 1.29 is 9.59 Å². The molecule has 7 heteroatoms. The topological polar surface area (TPSA) is 75.2 Å². The predicted octanol–water partition coefficient (Wildman–Crippen LogP) is 2.43. The molecular weight excluding hydrogens is 316 g/mol. The molecular formula is C16H15ClN4O2. The average molecular weight is 331 g/mol. The third-order valence-corrected chi connectivity index (χ3v) is 4.17. The molecule has 1 fully saturated rings. The molecule has 1 aliphatic heterocycles. The second-order valence-electron chi connectivity index (χ2n) is 5.40. The Labute approximate surface area is 138 Å². The number of hydrogen-bond acceptors (Lipinski definition) is 4. The van der Waals surface area contributed by atoms with Gasteiger partial charge in [0.15, 0.2) is 0 Å². The zero-order valence-electron chi connectivity index (χ0n) is 12.5. The molecule has 0 unspecified atom stereocenters. The molecule has 0 aliphatic carbocycles. The van der Waals surface area contributed by atoms with E-state index < -0.39 is 5.92 Å². The minimum atomic E-state index is -0.439. The van der Waals surface area contributed by atoms with Crippen molar-refractivity contribution in [3.8, 4) is 0 Å².